The van der Waals surface area contributed by atoms with Crippen molar-refractivity contribution in [2.45, 2.75) is 93.4 Å². The number of aromatic nitrogens is 2. The normalized spacial score (nSPS) is 28.8. The Kier molecular flexibility index (Phi) is 9.50. The Labute approximate surface area is 296 Å². The highest BCUT2D eigenvalue weighted by molar-refractivity contribution is 8.01. The van der Waals surface area contributed by atoms with Crippen molar-refractivity contribution in [3.8, 4) is 11.1 Å². The Morgan fingerprint density at radius 1 is 0.878 bits per heavy atom. The highest BCUT2D eigenvalue weighted by atomic mass is 32.2. The van der Waals surface area contributed by atoms with Crippen LogP contribution in [0.15, 0.2) is 77.1 Å². The Morgan fingerprint density at radius 3 is 2.27 bits per heavy atom. The molecule has 4 saturated carbocycles. The zero-order valence-corrected chi connectivity index (χ0v) is 29.5. The van der Waals surface area contributed by atoms with Gasteiger partial charge in [-0.25, -0.2) is 4.79 Å². The largest absolute Gasteiger partial charge is 0.392 e. The number of aryl methyl sites for hydroxylation is 1. The fourth-order valence-corrected chi connectivity index (χ4v) is 10.8. The second kappa shape index (κ2) is 14.2. The third kappa shape index (κ3) is 7.59. The molecule has 5 fully saturated rings. The van der Waals surface area contributed by atoms with Crippen LogP contribution in [-0.4, -0.2) is 38.7 Å². The molecular weight excluding hydrogens is 653 g/mol. The average Bonchev–Trinajstić information content (AvgIpc) is 3.54. The summed E-state index contributed by atoms with van der Waals surface area (Å²) in [5, 5.41) is 25.5. The molecule has 3 atom stereocenters. The lowest BCUT2D eigenvalue weighted by Gasteiger charge is -2.56. The summed E-state index contributed by atoms with van der Waals surface area (Å²) in [6.07, 6.45) is 7.56. The maximum Gasteiger partial charge on any atom is 0.315 e. The number of aliphatic hydroxyl groups excluding tert-OH is 1. The van der Waals surface area contributed by atoms with E-state index in [1.54, 1.807) is 23.1 Å². The number of ether oxygens (including phenoxy) is 2. The van der Waals surface area contributed by atoms with E-state index in [9.17, 15) is 9.90 Å². The summed E-state index contributed by atoms with van der Waals surface area (Å²) in [5.74, 6) is 3.15. The van der Waals surface area contributed by atoms with E-state index in [4.69, 9.17) is 9.47 Å². The Bertz CT molecular complexity index is 1730. The molecule has 256 valence electrons. The van der Waals surface area contributed by atoms with Crippen molar-refractivity contribution in [3.05, 3.63) is 100 Å². The minimum Gasteiger partial charge on any atom is -0.392 e. The zero-order valence-electron chi connectivity index (χ0n) is 27.8. The smallest absolute Gasteiger partial charge is 0.315 e. The molecule has 4 bridgehead atoms. The number of hydrogen-bond donors (Lipinski definition) is 3. The fraction of sp³-hybridized carbons (Fsp3) is 0.462. The van der Waals surface area contributed by atoms with Crippen LogP contribution in [-0.2, 0) is 22.6 Å². The van der Waals surface area contributed by atoms with Gasteiger partial charge in [0.2, 0.25) is 0 Å². The minimum absolute atomic E-state index is 0.00941. The number of benzene rings is 3. The van der Waals surface area contributed by atoms with Gasteiger partial charge in [0.15, 0.2) is 10.6 Å². The van der Waals surface area contributed by atoms with Gasteiger partial charge in [0.05, 0.1) is 18.8 Å². The van der Waals surface area contributed by atoms with Crippen LogP contribution in [0.5, 0.6) is 0 Å². The second-order valence-electron chi connectivity index (χ2n) is 14.6. The number of carbonyl (C=O) groups excluding carboxylic acids is 1. The first kappa shape index (κ1) is 32.9. The number of urea groups is 1. The van der Waals surface area contributed by atoms with Gasteiger partial charge >= 0.3 is 6.03 Å². The van der Waals surface area contributed by atoms with E-state index in [1.165, 1.54) is 19.3 Å². The van der Waals surface area contributed by atoms with Crippen LogP contribution in [0.2, 0.25) is 0 Å². The van der Waals surface area contributed by atoms with E-state index in [2.05, 4.69) is 69.4 Å². The molecule has 8 nitrogen and oxygen atoms in total. The molecule has 0 spiro atoms. The summed E-state index contributed by atoms with van der Waals surface area (Å²) in [6.45, 7) is 2.47. The number of aliphatic hydroxyl groups is 1. The first-order valence-electron chi connectivity index (χ1n) is 17.6. The summed E-state index contributed by atoms with van der Waals surface area (Å²) in [5.41, 5.74) is 6.18. The maximum absolute atomic E-state index is 13.1. The van der Waals surface area contributed by atoms with Crippen molar-refractivity contribution < 1.29 is 19.4 Å². The molecule has 9 rings (SSSR count). The summed E-state index contributed by atoms with van der Waals surface area (Å²) in [6, 6.07) is 24.7. The van der Waals surface area contributed by atoms with Gasteiger partial charge in [0.25, 0.3) is 0 Å². The lowest BCUT2D eigenvalue weighted by Crippen LogP contribution is -2.61. The van der Waals surface area contributed by atoms with Crippen molar-refractivity contribution in [2.75, 3.05) is 5.75 Å². The Balaban J connectivity index is 0.919. The van der Waals surface area contributed by atoms with Gasteiger partial charge < -0.3 is 25.2 Å². The van der Waals surface area contributed by atoms with Gasteiger partial charge in [-0.1, -0.05) is 89.8 Å². The lowest BCUT2D eigenvalue weighted by molar-refractivity contribution is -0.245. The quantitative estimate of drug-likeness (QED) is 0.144. The van der Waals surface area contributed by atoms with Crippen LogP contribution in [0.4, 0.5) is 4.79 Å². The van der Waals surface area contributed by atoms with E-state index in [-0.39, 0.29) is 30.4 Å². The second-order valence-corrected chi connectivity index (χ2v) is 17.0. The third-order valence-electron chi connectivity index (χ3n) is 10.8. The molecule has 2 amide bonds. The van der Waals surface area contributed by atoms with Crippen molar-refractivity contribution in [3.63, 3.8) is 0 Å². The summed E-state index contributed by atoms with van der Waals surface area (Å²) in [7, 11) is 0. The highest BCUT2D eigenvalue weighted by Gasteiger charge is 2.51. The number of nitrogens with zero attached hydrogens (tertiary/aromatic N) is 2. The van der Waals surface area contributed by atoms with Crippen LogP contribution in [0.25, 0.3) is 11.1 Å². The van der Waals surface area contributed by atoms with E-state index in [0.717, 1.165) is 91.9 Å². The zero-order chi connectivity index (χ0) is 33.4. The van der Waals surface area contributed by atoms with Gasteiger partial charge in [0.1, 0.15) is 5.01 Å². The summed E-state index contributed by atoms with van der Waals surface area (Å²) < 4.78 is 14.0. The lowest BCUT2D eigenvalue weighted by atomic mass is 9.53. The average molecular weight is 697 g/mol. The van der Waals surface area contributed by atoms with Gasteiger partial charge in [-0.15, -0.1) is 10.2 Å². The highest BCUT2D eigenvalue weighted by Crippen LogP contribution is 2.55. The number of hydrogen-bond acceptors (Lipinski definition) is 8. The molecule has 1 aromatic heterocycles. The molecule has 0 radical (unpaired) electrons. The maximum atomic E-state index is 13.1. The van der Waals surface area contributed by atoms with Crippen LogP contribution < -0.4 is 10.6 Å². The first-order valence-corrected chi connectivity index (χ1v) is 19.4. The summed E-state index contributed by atoms with van der Waals surface area (Å²) >= 11 is 3.27. The van der Waals surface area contributed by atoms with Crippen LogP contribution >= 0.6 is 23.1 Å². The molecule has 2 heterocycles. The van der Waals surface area contributed by atoms with E-state index >= 15 is 0 Å². The monoisotopic (exact) mass is 696 g/mol. The number of nitrogens with one attached hydrogen (secondary N) is 2. The molecule has 49 heavy (non-hydrogen) atoms. The van der Waals surface area contributed by atoms with Crippen molar-refractivity contribution >= 4 is 29.1 Å². The molecular formula is C39H44N4O4S2. The first-order chi connectivity index (χ1) is 23.9. The standard InChI is InChI=1S/C39H44N4O4S2/c1-24-42-43-38(49-24)48-23-34-17-35(31-7-5-25(22-44)6-8-31)47-36(46-34)32-11-9-30(10-12-32)33-4-2-3-26(16-33)21-40-37(45)41-39-18-27-13-28(19-39)15-29(14-27)20-39/h2-12,16,27-29,34-36,44H,13-15,17-23H2,1H3,(H2,40,41,45). The van der Waals surface area contributed by atoms with Crippen LogP contribution in [0.1, 0.15) is 84.6 Å². The molecule has 1 saturated heterocycles. The van der Waals surface area contributed by atoms with Crippen molar-refractivity contribution in [2.24, 2.45) is 17.8 Å². The molecule has 10 heteroatoms. The molecule has 3 N–H and O–H groups in total. The molecule has 3 unspecified atom stereocenters. The molecule has 1 aliphatic heterocycles. The predicted molar refractivity (Wildman–Crippen MR) is 192 cm³/mol. The van der Waals surface area contributed by atoms with Crippen molar-refractivity contribution in [1.82, 2.24) is 20.8 Å². The number of thioether (sulfide) groups is 1. The van der Waals surface area contributed by atoms with Gasteiger partial charge in [-0.2, -0.15) is 0 Å². The van der Waals surface area contributed by atoms with E-state index in [0.29, 0.717) is 6.54 Å². The Morgan fingerprint density at radius 2 is 1.59 bits per heavy atom. The summed E-state index contributed by atoms with van der Waals surface area (Å²) in [4.78, 5) is 13.1. The van der Waals surface area contributed by atoms with Crippen LogP contribution in [0.3, 0.4) is 0 Å². The van der Waals surface area contributed by atoms with Crippen molar-refractivity contribution in [1.29, 1.82) is 0 Å². The van der Waals surface area contributed by atoms with E-state index < -0.39 is 6.29 Å². The topological polar surface area (TPSA) is 106 Å². The fourth-order valence-electron chi connectivity index (χ4n) is 8.95. The number of carbonyl (C=O) groups is 1. The van der Waals surface area contributed by atoms with Gasteiger partial charge in [0, 0.05) is 29.8 Å². The molecule has 4 aromatic rings. The number of rotatable bonds is 10. The SMILES string of the molecule is Cc1nnc(SCC2CC(c3ccc(CO)cc3)OC(c3ccc(-c4cccc(CNC(=O)NC56CC7CC(CC(C7)C5)C6)c4)cc3)O2)s1. The van der Waals surface area contributed by atoms with Gasteiger partial charge in [-0.3, -0.25) is 0 Å². The minimum atomic E-state index is -0.518. The molecule has 4 aliphatic carbocycles. The van der Waals surface area contributed by atoms with E-state index in [1.807, 2.05) is 31.2 Å². The third-order valence-corrected chi connectivity index (χ3v) is 12.9. The van der Waals surface area contributed by atoms with Gasteiger partial charge in [-0.05, 0) is 97.1 Å². The van der Waals surface area contributed by atoms with Crippen LogP contribution in [0, 0.1) is 24.7 Å². The predicted octanol–water partition coefficient (Wildman–Crippen LogP) is 8.11. The molecule has 5 aliphatic rings. The molecule has 3 aromatic carbocycles. The number of amides is 2. The Hall–Kier alpha value is -3.28.